The van der Waals surface area contributed by atoms with Crippen molar-refractivity contribution in [3.63, 3.8) is 0 Å². The predicted molar refractivity (Wildman–Crippen MR) is 128 cm³/mol. The van der Waals surface area contributed by atoms with Crippen LogP contribution in [0, 0.1) is 0 Å². The number of sulfonamides is 1. The average Bonchev–Trinajstić information content (AvgIpc) is 3.23. The number of aryl methyl sites for hydroxylation is 1. The minimum atomic E-state index is -4.08. The van der Waals surface area contributed by atoms with E-state index in [9.17, 15) is 13.2 Å². The zero-order chi connectivity index (χ0) is 23.4. The standard InChI is InChI=1S/C24H24N4O4S/c1-3-32-20-13-11-19(12-14-20)26-23(29)17-28(24-15-16-25-27(24)2)33(30,31)22-10-6-8-18-7-4-5-9-21(18)22/h4-16H,3,17H2,1-2H3,(H,26,29). The summed E-state index contributed by atoms with van der Waals surface area (Å²) < 4.78 is 35.5. The maximum absolute atomic E-state index is 13.8. The van der Waals surface area contributed by atoms with Crippen LogP contribution in [0.5, 0.6) is 5.75 Å². The molecule has 0 fully saturated rings. The molecule has 0 aliphatic heterocycles. The maximum atomic E-state index is 13.8. The first-order chi connectivity index (χ1) is 15.9. The Kier molecular flexibility index (Phi) is 6.32. The number of rotatable bonds is 8. The molecule has 1 aromatic heterocycles. The summed E-state index contributed by atoms with van der Waals surface area (Å²) in [7, 11) is -2.45. The fourth-order valence-electron chi connectivity index (χ4n) is 3.57. The highest BCUT2D eigenvalue weighted by Gasteiger charge is 2.30. The Labute approximate surface area is 192 Å². The van der Waals surface area contributed by atoms with Gasteiger partial charge in [0.15, 0.2) is 0 Å². The molecule has 170 valence electrons. The number of hydrogen-bond donors (Lipinski definition) is 1. The van der Waals surface area contributed by atoms with Crippen LogP contribution in [0.4, 0.5) is 11.5 Å². The smallest absolute Gasteiger partial charge is 0.266 e. The van der Waals surface area contributed by atoms with Crippen LogP contribution in [0.25, 0.3) is 10.8 Å². The average molecular weight is 465 g/mol. The third-order valence-corrected chi connectivity index (χ3v) is 6.91. The Morgan fingerprint density at radius 2 is 1.76 bits per heavy atom. The largest absolute Gasteiger partial charge is 0.494 e. The van der Waals surface area contributed by atoms with E-state index in [1.165, 1.54) is 10.9 Å². The summed E-state index contributed by atoms with van der Waals surface area (Å²) in [6, 6.07) is 20.8. The van der Waals surface area contributed by atoms with Gasteiger partial charge in [-0.3, -0.25) is 9.48 Å². The molecule has 0 aliphatic carbocycles. The van der Waals surface area contributed by atoms with Gasteiger partial charge in [0, 0.05) is 24.2 Å². The number of hydrogen-bond acceptors (Lipinski definition) is 5. The molecule has 0 bridgehead atoms. The quantitative estimate of drug-likeness (QED) is 0.428. The Balaban J connectivity index is 1.67. The SMILES string of the molecule is CCOc1ccc(NC(=O)CN(c2ccnn2C)S(=O)(=O)c2cccc3ccccc23)cc1. The number of carbonyl (C=O) groups excluding carboxylic acids is 1. The molecule has 0 spiro atoms. The fourth-order valence-corrected chi connectivity index (χ4v) is 5.24. The molecule has 3 aromatic carbocycles. The summed E-state index contributed by atoms with van der Waals surface area (Å²) in [6.07, 6.45) is 1.49. The van der Waals surface area contributed by atoms with Crippen molar-refractivity contribution in [1.82, 2.24) is 9.78 Å². The van der Waals surface area contributed by atoms with Crippen molar-refractivity contribution < 1.29 is 17.9 Å². The summed E-state index contributed by atoms with van der Waals surface area (Å²) >= 11 is 0. The summed E-state index contributed by atoms with van der Waals surface area (Å²) in [5, 5.41) is 8.22. The van der Waals surface area contributed by atoms with E-state index in [4.69, 9.17) is 4.74 Å². The first-order valence-electron chi connectivity index (χ1n) is 10.4. The second-order valence-electron chi connectivity index (χ2n) is 7.31. The summed E-state index contributed by atoms with van der Waals surface area (Å²) in [4.78, 5) is 13.0. The zero-order valence-corrected chi connectivity index (χ0v) is 19.1. The molecule has 0 saturated carbocycles. The Morgan fingerprint density at radius 3 is 2.45 bits per heavy atom. The van der Waals surface area contributed by atoms with Gasteiger partial charge in [0.25, 0.3) is 10.0 Å². The molecule has 0 saturated heterocycles. The first-order valence-corrected chi connectivity index (χ1v) is 11.9. The third-order valence-electron chi connectivity index (χ3n) is 5.10. The Hall–Kier alpha value is -3.85. The lowest BCUT2D eigenvalue weighted by Gasteiger charge is -2.24. The molecule has 1 heterocycles. The van der Waals surface area contributed by atoms with Gasteiger partial charge in [-0.1, -0.05) is 36.4 Å². The lowest BCUT2D eigenvalue weighted by atomic mass is 10.1. The number of ether oxygens (including phenoxy) is 1. The van der Waals surface area contributed by atoms with Crippen LogP contribution in [0.3, 0.4) is 0 Å². The Bertz CT molecular complexity index is 1380. The molecule has 0 radical (unpaired) electrons. The van der Waals surface area contributed by atoms with E-state index >= 15 is 0 Å². The van der Waals surface area contributed by atoms with Gasteiger partial charge in [-0.2, -0.15) is 5.10 Å². The van der Waals surface area contributed by atoms with E-state index in [-0.39, 0.29) is 10.7 Å². The molecule has 33 heavy (non-hydrogen) atoms. The van der Waals surface area contributed by atoms with Crippen LogP contribution < -0.4 is 14.4 Å². The first kappa shape index (κ1) is 22.3. The van der Waals surface area contributed by atoms with Crippen molar-refractivity contribution in [3.05, 3.63) is 79.0 Å². The van der Waals surface area contributed by atoms with Crippen LogP contribution in [0.2, 0.25) is 0 Å². The van der Waals surface area contributed by atoms with Gasteiger partial charge >= 0.3 is 0 Å². The van der Waals surface area contributed by atoms with Crippen molar-refractivity contribution in [3.8, 4) is 5.75 Å². The molecule has 1 amide bonds. The third kappa shape index (κ3) is 4.68. The zero-order valence-electron chi connectivity index (χ0n) is 18.3. The second-order valence-corrected chi connectivity index (χ2v) is 9.14. The number of aromatic nitrogens is 2. The highest BCUT2D eigenvalue weighted by atomic mass is 32.2. The predicted octanol–water partition coefficient (Wildman–Crippen LogP) is 3.81. The van der Waals surface area contributed by atoms with E-state index in [1.807, 2.05) is 25.1 Å². The van der Waals surface area contributed by atoms with Crippen molar-refractivity contribution in [2.45, 2.75) is 11.8 Å². The number of nitrogens with zero attached hydrogens (tertiary/aromatic N) is 3. The Morgan fingerprint density at radius 1 is 1.03 bits per heavy atom. The number of carbonyl (C=O) groups is 1. The highest BCUT2D eigenvalue weighted by Crippen LogP contribution is 2.29. The molecule has 9 heteroatoms. The van der Waals surface area contributed by atoms with E-state index in [1.54, 1.807) is 61.6 Å². The molecule has 4 aromatic rings. The normalized spacial score (nSPS) is 11.3. The highest BCUT2D eigenvalue weighted by molar-refractivity contribution is 7.93. The van der Waals surface area contributed by atoms with Crippen molar-refractivity contribution >= 4 is 38.2 Å². The maximum Gasteiger partial charge on any atom is 0.266 e. The van der Waals surface area contributed by atoms with Crippen molar-refractivity contribution in [2.75, 3.05) is 22.8 Å². The van der Waals surface area contributed by atoms with E-state index in [0.29, 0.717) is 23.4 Å². The van der Waals surface area contributed by atoms with Crippen molar-refractivity contribution in [1.29, 1.82) is 0 Å². The fraction of sp³-hybridized carbons (Fsp3) is 0.167. The number of anilines is 2. The van der Waals surface area contributed by atoms with E-state index in [0.717, 1.165) is 9.69 Å². The molecular weight excluding hydrogens is 440 g/mol. The number of fused-ring (bicyclic) bond motifs is 1. The van der Waals surface area contributed by atoms with Crippen LogP contribution in [0.1, 0.15) is 6.92 Å². The molecule has 0 aliphatic rings. The second kappa shape index (κ2) is 9.33. The van der Waals surface area contributed by atoms with Gasteiger partial charge in [0.05, 0.1) is 17.7 Å². The van der Waals surface area contributed by atoms with Crippen molar-refractivity contribution in [2.24, 2.45) is 7.05 Å². The molecule has 4 rings (SSSR count). The topological polar surface area (TPSA) is 93.5 Å². The van der Waals surface area contributed by atoms with Crippen LogP contribution in [-0.4, -0.2) is 37.3 Å². The van der Waals surface area contributed by atoms with Gasteiger partial charge in [-0.15, -0.1) is 0 Å². The van der Waals surface area contributed by atoms with E-state index in [2.05, 4.69) is 10.4 Å². The van der Waals surface area contributed by atoms with Gasteiger partial charge in [-0.25, -0.2) is 12.7 Å². The molecule has 1 N–H and O–H groups in total. The van der Waals surface area contributed by atoms with Gasteiger partial charge < -0.3 is 10.1 Å². The lowest BCUT2D eigenvalue weighted by Crippen LogP contribution is -2.39. The lowest BCUT2D eigenvalue weighted by molar-refractivity contribution is -0.114. The molecular formula is C24H24N4O4S. The van der Waals surface area contributed by atoms with Crippen LogP contribution in [0.15, 0.2) is 83.9 Å². The minimum absolute atomic E-state index is 0.121. The summed E-state index contributed by atoms with van der Waals surface area (Å²) in [6.45, 7) is 2.01. The van der Waals surface area contributed by atoms with Gasteiger partial charge in [0.1, 0.15) is 18.1 Å². The molecule has 0 unspecified atom stereocenters. The number of nitrogens with one attached hydrogen (secondary N) is 1. The number of benzene rings is 3. The summed E-state index contributed by atoms with van der Waals surface area (Å²) in [5.74, 6) is 0.486. The number of amides is 1. The van der Waals surface area contributed by atoms with Crippen LogP contribution in [-0.2, 0) is 21.9 Å². The van der Waals surface area contributed by atoms with Crippen LogP contribution >= 0.6 is 0 Å². The molecule has 8 nitrogen and oxygen atoms in total. The summed E-state index contributed by atoms with van der Waals surface area (Å²) in [5.41, 5.74) is 0.538. The monoisotopic (exact) mass is 464 g/mol. The molecule has 0 atom stereocenters. The van der Waals surface area contributed by atoms with Gasteiger partial charge in [-0.05, 0) is 42.6 Å². The van der Waals surface area contributed by atoms with Gasteiger partial charge in [0.2, 0.25) is 5.91 Å². The van der Waals surface area contributed by atoms with E-state index < -0.39 is 22.5 Å². The minimum Gasteiger partial charge on any atom is -0.494 e.